The minimum Gasteiger partial charge on any atom is -0.377 e. The molecule has 1 amide bonds. The number of carbonyl (C=O) groups is 1. The molecule has 0 spiro atoms. The van der Waals surface area contributed by atoms with E-state index in [2.05, 4.69) is 46.5 Å². The van der Waals surface area contributed by atoms with Crippen LogP contribution in [0.1, 0.15) is 37.6 Å². The molecule has 2 N–H and O–H groups in total. The lowest BCUT2D eigenvalue weighted by Crippen LogP contribution is -2.41. The van der Waals surface area contributed by atoms with E-state index in [9.17, 15) is 4.79 Å². The number of amides is 1. The number of imidazole rings is 1. The first-order valence-corrected chi connectivity index (χ1v) is 10.3. The van der Waals surface area contributed by atoms with Gasteiger partial charge in [-0.25, -0.2) is 9.50 Å². The van der Waals surface area contributed by atoms with Crippen molar-refractivity contribution in [3.63, 3.8) is 0 Å². The second-order valence-corrected chi connectivity index (χ2v) is 9.08. The lowest BCUT2D eigenvalue weighted by atomic mass is 9.92. The van der Waals surface area contributed by atoms with Gasteiger partial charge in [-0.3, -0.25) is 9.78 Å². The minimum absolute atomic E-state index is 0.149. The van der Waals surface area contributed by atoms with Crippen LogP contribution in [0.25, 0.3) is 17.0 Å². The van der Waals surface area contributed by atoms with E-state index in [1.54, 1.807) is 29.2 Å². The van der Waals surface area contributed by atoms with Crippen molar-refractivity contribution in [2.75, 3.05) is 25.1 Å². The summed E-state index contributed by atoms with van der Waals surface area (Å²) in [7, 11) is 0. The Morgan fingerprint density at radius 3 is 2.73 bits per heavy atom. The van der Waals surface area contributed by atoms with E-state index in [1.807, 2.05) is 6.07 Å². The lowest BCUT2D eigenvalue weighted by Gasteiger charge is -2.28. The normalized spacial score (nSPS) is 14.5. The molecule has 30 heavy (non-hydrogen) atoms. The van der Waals surface area contributed by atoms with Crippen molar-refractivity contribution in [2.45, 2.75) is 33.2 Å². The molecular formula is C21H25ClN6O2. The molecule has 4 rings (SSSR count). The standard InChI is InChI=1S/C21H25ClN6O2/c1-21(2,3)4-5-23-20(29)15-9-24-17(7-16(15)27-14-11-30-12-14)18-10-25-19-6-13(22)8-26-28(18)19/h6-10,14H,4-5,11-12H2,1-3H3,(H,23,29)(H,24,27). The van der Waals surface area contributed by atoms with Crippen LogP contribution in [0.5, 0.6) is 0 Å². The molecule has 158 valence electrons. The van der Waals surface area contributed by atoms with Crippen LogP contribution in [-0.2, 0) is 4.74 Å². The molecule has 0 radical (unpaired) electrons. The van der Waals surface area contributed by atoms with Crippen LogP contribution in [0.3, 0.4) is 0 Å². The van der Waals surface area contributed by atoms with E-state index >= 15 is 0 Å². The number of aromatic nitrogens is 4. The average Bonchev–Trinajstić information content (AvgIpc) is 3.06. The maximum atomic E-state index is 12.8. The number of fused-ring (bicyclic) bond motifs is 1. The number of rotatable bonds is 6. The molecule has 0 bridgehead atoms. The number of halogens is 1. The van der Waals surface area contributed by atoms with Gasteiger partial charge in [0.25, 0.3) is 5.91 Å². The number of nitrogens with zero attached hydrogens (tertiary/aromatic N) is 4. The highest BCUT2D eigenvalue weighted by molar-refractivity contribution is 6.30. The van der Waals surface area contributed by atoms with Crippen molar-refractivity contribution in [2.24, 2.45) is 5.41 Å². The Labute approximate surface area is 180 Å². The van der Waals surface area contributed by atoms with Crippen molar-refractivity contribution in [3.8, 4) is 11.4 Å². The first-order valence-electron chi connectivity index (χ1n) is 9.92. The number of anilines is 1. The SMILES string of the molecule is CC(C)(C)CCNC(=O)c1cnc(-c2cnc3cc(Cl)cnn23)cc1NC1COC1. The van der Waals surface area contributed by atoms with Gasteiger partial charge in [0.05, 0.1) is 53.6 Å². The fourth-order valence-electron chi connectivity index (χ4n) is 3.11. The summed E-state index contributed by atoms with van der Waals surface area (Å²) in [6.45, 7) is 8.27. The van der Waals surface area contributed by atoms with Gasteiger partial charge in [-0.05, 0) is 17.9 Å². The van der Waals surface area contributed by atoms with Crippen LogP contribution < -0.4 is 10.6 Å². The molecular weight excluding hydrogens is 404 g/mol. The van der Waals surface area contributed by atoms with Gasteiger partial charge in [0.1, 0.15) is 5.69 Å². The molecule has 1 saturated heterocycles. The molecule has 0 saturated carbocycles. The molecule has 1 aliphatic heterocycles. The molecule has 1 fully saturated rings. The van der Waals surface area contributed by atoms with Crippen molar-refractivity contribution in [1.29, 1.82) is 0 Å². The number of hydrogen-bond acceptors (Lipinski definition) is 6. The first kappa shape index (κ1) is 20.6. The molecule has 0 aromatic carbocycles. The third-order valence-corrected chi connectivity index (χ3v) is 5.10. The van der Waals surface area contributed by atoms with Crippen LogP contribution in [0.2, 0.25) is 5.02 Å². The van der Waals surface area contributed by atoms with Crippen molar-refractivity contribution >= 4 is 28.8 Å². The minimum atomic E-state index is -0.149. The predicted octanol–water partition coefficient (Wildman–Crippen LogP) is 3.42. The second-order valence-electron chi connectivity index (χ2n) is 8.65. The number of ether oxygens (including phenoxy) is 1. The topological polar surface area (TPSA) is 93.4 Å². The Morgan fingerprint density at radius 2 is 2.03 bits per heavy atom. The number of carbonyl (C=O) groups excluding carboxylic acids is 1. The van der Waals surface area contributed by atoms with Gasteiger partial charge in [-0.15, -0.1) is 0 Å². The van der Waals surface area contributed by atoms with Gasteiger partial charge >= 0.3 is 0 Å². The van der Waals surface area contributed by atoms with Crippen LogP contribution in [-0.4, -0.2) is 51.3 Å². The lowest BCUT2D eigenvalue weighted by molar-refractivity contribution is 0.0210. The zero-order valence-corrected chi connectivity index (χ0v) is 18.0. The molecule has 3 aromatic rings. The smallest absolute Gasteiger partial charge is 0.254 e. The molecule has 0 atom stereocenters. The fraction of sp³-hybridized carbons (Fsp3) is 0.429. The van der Waals surface area contributed by atoms with E-state index in [4.69, 9.17) is 16.3 Å². The summed E-state index contributed by atoms with van der Waals surface area (Å²) in [6, 6.07) is 3.76. The molecule has 3 aromatic heterocycles. The highest BCUT2D eigenvalue weighted by atomic mass is 35.5. The second kappa shape index (κ2) is 8.20. The summed E-state index contributed by atoms with van der Waals surface area (Å²) in [5, 5.41) is 11.2. The Balaban J connectivity index is 1.63. The molecule has 0 aliphatic carbocycles. The van der Waals surface area contributed by atoms with E-state index in [0.717, 1.165) is 6.42 Å². The summed E-state index contributed by atoms with van der Waals surface area (Å²) in [4.78, 5) is 21.7. The summed E-state index contributed by atoms with van der Waals surface area (Å²) < 4.78 is 6.94. The zero-order valence-electron chi connectivity index (χ0n) is 17.3. The number of nitrogens with one attached hydrogen (secondary N) is 2. The largest absolute Gasteiger partial charge is 0.377 e. The molecule has 8 nitrogen and oxygen atoms in total. The molecule has 4 heterocycles. The average molecular weight is 429 g/mol. The quantitative estimate of drug-likeness (QED) is 0.624. The molecule has 1 aliphatic rings. The van der Waals surface area contributed by atoms with Gasteiger partial charge in [0, 0.05) is 18.8 Å². The van der Waals surface area contributed by atoms with E-state index < -0.39 is 0 Å². The maximum Gasteiger partial charge on any atom is 0.254 e. The Morgan fingerprint density at radius 1 is 1.23 bits per heavy atom. The van der Waals surface area contributed by atoms with Gasteiger partial charge < -0.3 is 15.4 Å². The van der Waals surface area contributed by atoms with Crippen molar-refractivity contribution in [1.82, 2.24) is 24.9 Å². The Bertz CT molecular complexity index is 1070. The van der Waals surface area contributed by atoms with Crippen LogP contribution in [0.4, 0.5) is 5.69 Å². The Kier molecular flexibility index (Phi) is 5.62. The van der Waals surface area contributed by atoms with Crippen LogP contribution in [0, 0.1) is 5.41 Å². The molecule has 9 heteroatoms. The van der Waals surface area contributed by atoms with Crippen LogP contribution in [0.15, 0.2) is 30.7 Å². The summed E-state index contributed by atoms with van der Waals surface area (Å²) in [5.41, 5.74) is 3.37. The van der Waals surface area contributed by atoms with Crippen molar-refractivity contribution < 1.29 is 9.53 Å². The van der Waals surface area contributed by atoms with Crippen molar-refractivity contribution in [3.05, 3.63) is 41.3 Å². The highest BCUT2D eigenvalue weighted by Gasteiger charge is 2.23. The monoisotopic (exact) mass is 428 g/mol. The van der Waals surface area contributed by atoms with Gasteiger partial charge in [0.2, 0.25) is 0 Å². The summed E-state index contributed by atoms with van der Waals surface area (Å²) >= 11 is 6.01. The van der Waals surface area contributed by atoms with E-state index in [1.165, 1.54) is 0 Å². The maximum absolute atomic E-state index is 12.8. The zero-order chi connectivity index (χ0) is 21.3. The predicted molar refractivity (Wildman–Crippen MR) is 116 cm³/mol. The summed E-state index contributed by atoms with van der Waals surface area (Å²) in [6.07, 6.45) is 5.74. The van der Waals surface area contributed by atoms with E-state index in [0.29, 0.717) is 53.1 Å². The fourth-order valence-corrected chi connectivity index (χ4v) is 3.25. The third-order valence-electron chi connectivity index (χ3n) is 4.90. The first-order chi connectivity index (χ1) is 14.3. The highest BCUT2D eigenvalue weighted by Crippen LogP contribution is 2.26. The number of pyridine rings is 1. The van der Waals surface area contributed by atoms with Gasteiger partial charge in [0.15, 0.2) is 5.65 Å². The van der Waals surface area contributed by atoms with Gasteiger partial charge in [-0.2, -0.15) is 5.10 Å². The third kappa shape index (κ3) is 4.55. The van der Waals surface area contributed by atoms with Gasteiger partial charge in [-0.1, -0.05) is 32.4 Å². The van der Waals surface area contributed by atoms with Crippen LogP contribution >= 0.6 is 11.6 Å². The number of hydrogen-bond donors (Lipinski definition) is 2. The Hall–Kier alpha value is -2.71. The molecule has 0 unspecified atom stereocenters. The summed E-state index contributed by atoms with van der Waals surface area (Å²) in [5.74, 6) is -0.149. The van der Waals surface area contributed by atoms with E-state index in [-0.39, 0.29) is 17.4 Å².